The SMILES string of the molecule is Cl.Oc1c(CN2CCCCC2)ccc2cccnc12. The molecule has 0 saturated carbocycles. The summed E-state index contributed by atoms with van der Waals surface area (Å²) in [6, 6.07) is 7.94. The maximum atomic E-state index is 10.3. The molecule has 19 heavy (non-hydrogen) atoms. The second-order valence-electron chi connectivity index (χ2n) is 4.99. The Hall–Kier alpha value is -1.32. The quantitative estimate of drug-likeness (QED) is 0.915. The summed E-state index contributed by atoms with van der Waals surface area (Å²) in [6.45, 7) is 3.11. The molecule has 3 nitrogen and oxygen atoms in total. The number of benzene rings is 1. The van der Waals surface area contributed by atoms with Crippen molar-refractivity contribution in [3.05, 3.63) is 36.0 Å². The lowest BCUT2D eigenvalue weighted by molar-refractivity contribution is 0.218. The van der Waals surface area contributed by atoms with Gasteiger partial charge in [0, 0.05) is 23.7 Å². The smallest absolute Gasteiger partial charge is 0.146 e. The highest BCUT2D eigenvalue weighted by atomic mass is 35.5. The molecular weight excluding hydrogens is 260 g/mol. The van der Waals surface area contributed by atoms with E-state index < -0.39 is 0 Å². The summed E-state index contributed by atoms with van der Waals surface area (Å²) in [6.07, 6.45) is 5.60. The molecule has 3 rings (SSSR count). The Labute approximate surface area is 119 Å². The molecule has 4 heteroatoms. The van der Waals surface area contributed by atoms with E-state index in [-0.39, 0.29) is 12.4 Å². The number of phenols is 1. The number of pyridine rings is 1. The van der Waals surface area contributed by atoms with Crippen molar-refractivity contribution in [3.8, 4) is 5.75 Å². The van der Waals surface area contributed by atoms with Crippen LogP contribution in [-0.4, -0.2) is 28.1 Å². The van der Waals surface area contributed by atoms with E-state index in [1.54, 1.807) is 6.20 Å². The van der Waals surface area contributed by atoms with Crippen LogP contribution in [0.25, 0.3) is 10.9 Å². The lowest BCUT2D eigenvalue weighted by Crippen LogP contribution is -2.29. The lowest BCUT2D eigenvalue weighted by atomic mass is 10.1. The minimum Gasteiger partial charge on any atom is -0.505 e. The Balaban J connectivity index is 0.00000133. The largest absolute Gasteiger partial charge is 0.505 e. The van der Waals surface area contributed by atoms with Crippen LogP contribution < -0.4 is 0 Å². The first kappa shape index (κ1) is 14.1. The normalized spacial score (nSPS) is 16.2. The van der Waals surface area contributed by atoms with Crippen molar-refractivity contribution in [3.63, 3.8) is 0 Å². The van der Waals surface area contributed by atoms with Gasteiger partial charge in [-0.2, -0.15) is 0 Å². The van der Waals surface area contributed by atoms with Crippen LogP contribution in [0.15, 0.2) is 30.5 Å². The molecule has 0 bridgehead atoms. The zero-order valence-electron chi connectivity index (χ0n) is 10.9. The van der Waals surface area contributed by atoms with E-state index in [1.165, 1.54) is 19.3 Å². The molecule has 0 atom stereocenters. The number of piperidine rings is 1. The van der Waals surface area contributed by atoms with Crippen LogP contribution in [0.1, 0.15) is 24.8 Å². The zero-order chi connectivity index (χ0) is 12.4. The molecule has 0 spiro atoms. The van der Waals surface area contributed by atoms with Crippen molar-refractivity contribution in [2.45, 2.75) is 25.8 Å². The molecule has 1 aliphatic rings. The second-order valence-corrected chi connectivity index (χ2v) is 4.99. The van der Waals surface area contributed by atoms with Gasteiger partial charge in [0.15, 0.2) is 0 Å². The number of hydrogen-bond donors (Lipinski definition) is 1. The molecule has 2 aromatic rings. The zero-order valence-corrected chi connectivity index (χ0v) is 11.7. The molecule has 1 saturated heterocycles. The molecule has 1 fully saturated rings. The summed E-state index contributed by atoms with van der Waals surface area (Å²) in [7, 11) is 0. The van der Waals surface area contributed by atoms with Gasteiger partial charge in [-0.1, -0.05) is 24.6 Å². The molecule has 0 radical (unpaired) electrons. The number of fused-ring (bicyclic) bond motifs is 1. The molecule has 1 aliphatic heterocycles. The molecular formula is C15H19ClN2O. The number of nitrogens with zero attached hydrogens (tertiary/aromatic N) is 2. The van der Waals surface area contributed by atoms with Gasteiger partial charge in [0.05, 0.1) is 0 Å². The fourth-order valence-corrected chi connectivity index (χ4v) is 2.66. The van der Waals surface area contributed by atoms with Crippen LogP contribution in [0.2, 0.25) is 0 Å². The minimum absolute atomic E-state index is 0. The van der Waals surface area contributed by atoms with Crippen molar-refractivity contribution >= 4 is 23.3 Å². The van der Waals surface area contributed by atoms with E-state index in [2.05, 4.69) is 9.88 Å². The van der Waals surface area contributed by atoms with Crippen LogP contribution >= 0.6 is 12.4 Å². The number of phenolic OH excluding ortho intramolecular Hbond substituents is 1. The monoisotopic (exact) mass is 278 g/mol. The van der Waals surface area contributed by atoms with E-state index >= 15 is 0 Å². The molecule has 0 unspecified atom stereocenters. The fraction of sp³-hybridized carbons (Fsp3) is 0.400. The highest BCUT2D eigenvalue weighted by Gasteiger charge is 2.14. The first-order chi connectivity index (χ1) is 8.84. The average molecular weight is 279 g/mol. The average Bonchev–Trinajstić information content (AvgIpc) is 2.43. The van der Waals surface area contributed by atoms with Gasteiger partial charge >= 0.3 is 0 Å². The fourth-order valence-electron chi connectivity index (χ4n) is 2.66. The van der Waals surface area contributed by atoms with Crippen LogP contribution in [-0.2, 0) is 6.54 Å². The summed E-state index contributed by atoms with van der Waals surface area (Å²) >= 11 is 0. The number of aromatic hydroxyl groups is 1. The van der Waals surface area contributed by atoms with E-state index in [0.29, 0.717) is 11.3 Å². The highest BCUT2D eigenvalue weighted by Crippen LogP contribution is 2.28. The molecule has 2 heterocycles. The third-order valence-corrected chi connectivity index (χ3v) is 3.67. The number of halogens is 1. The molecule has 102 valence electrons. The predicted octanol–water partition coefficient (Wildman–Crippen LogP) is 3.35. The van der Waals surface area contributed by atoms with Crippen molar-refractivity contribution in [1.82, 2.24) is 9.88 Å². The third-order valence-electron chi connectivity index (χ3n) is 3.67. The van der Waals surface area contributed by atoms with Crippen molar-refractivity contribution in [1.29, 1.82) is 0 Å². The minimum atomic E-state index is 0. The van der Waals surface area contributed by atoms with Gasteiger partial charge in [0.2, 0.25) is 0 Å². The molecule has 1 aromatic heterocycles. The van der Waals surface area contributed by atoms with E-state index in [4.69, 9.17) is 0 Å². The van der Waals surface area contributed by atoms with Gasteiger partial charge in [-0.25, -0.2) is 0 Å². The van der Waals surface area contributed by atoms with Crippen LogP contribution in [0.4, 0.5) is 0 Å². The number of aromatic nitrogens is 1. The molecule has 0 aliphatic carbocycles. The molecule has 0 amide bonds. The summed E-state index contributed by atoms with van der Waals surface area (Å²) in [5.74, 6) is 0.346. The first-order valence-electron chi connectivity index (χ1n) is 6.62. The van der Waals surface area contributed by atoms with Gasteiger partial charge in [-0.05, 0) is 32.0 Å². The van der Waals surface area contributed by atoms with Crippen molar-refractivity contribution < 1.29 is 5.11 Å². The van der Waals surface area contributed by atoms with Gasteiger partial charge < -0.3 is 5.11 Å². The lowest BCUT2D eigenvalue weighted by Gasteiger charge is -2.26. The van der Waals surface area contributed by atoms with Crippen LogP contribution in [0.5, 0.6) is 5.75 Å². The van der Waals surface area contributed by atoms with E-state index in [9.17, 15) is 5.11 Å². The van der Waals surface area contributed by atoms with Crippen molar-refractivity contribution in [2.75, 3.05) is 13.1 Å². The van der Waals surface area contributed by atoms with Crippen LogP contribution in [0.3, 0.4) is 0 Å². The summed E-state index contributed by atoms with van der Waals surface area (Å²) < 4.78 is 0. The molecule has 1 aromatic carbocycles. The third kappa shape index (κ3) is 2.99. The van der Waals surface area contributed by atoms with E-state index in [1.807, 2.05) is 24.3 Å². The summed E-state index contributed by atoms with van der Waals surface area (Å²) in [5, 5.41) is 11.3. The van der Waals surface area contributed by atoms with Gasteiger partial charge in [-0.15, -0.1) is 12.4 Å². The Kier molecular flexibility index (Phi) is 4.61. The van der Waals surface area contributed by atoms with Crippen molar-refractivity contribution in [2.24, 2.45) is 0 Å². The van der Waals surface area contributed by atoms with Crippen LogP contribution in [0, 0.1) is 0 Å². The number of hydrogen-bond acceptors (Lipinski definition) is 3. The van der Waals surface area contributed by atoms with Gasteiger partial charge in [-0.3, -0.25) is 9.88 Å². The highest BCUT2D eigenvalue weighted by molar-refractivity contribution is 5.85. The Bertz CT molecular complexity index is 553. The Morgan fingerprint density at radius 3 is 2.68 bits per heavy atom. The van der Waals surface area contributed by atoms with Gasteiger partial charge in [0.1, 0.15) is 11.3 Å². The number of rotatable bonds is 2. The number of likely N-dealkylation sites (tertiary alicyclic amines) is 1. The predicted molar refractivity (Wildman–Crippen MR) is 79.8 cm³/mol. The standard InChI is InChI=1S/C15H18N2O.ClH/c18-15-13(11-17-9-2-1-3-10-17)7-6-12-5-4-8-16-14(12)15;/h4-8,18H,1-3,9-11H2;1H. The first-order valence-corrected chi connectivity index (χ1v) is 6.62. The van der Waals surface area contributed by atoms with E-state index in [0.717, 1.165) is 30.6 Å². The summed E-state index contributed by atoms with van der Waals surface area (Å²) in [5.41, 5.74) is 1.70. The maximum Gasteiger partial charge on any atom is 0.146 e. The van der Waals surface area contributed by atoms with Gasteiger partial charge in [0.25, 0.3) is 0 Å². The molecule has 1 N–H and O–H groups in total. The Morgan fingerprint density at radius 1 is 1.11 bits per heavy atom. The Morgan fingerprint density at radius 2 is 1.89 bits per heavy atom. The maximum absolute atomic E-state index is 10.3. The topological polar surface area (TPSA) is 36.4 Å². The second kappa shape index (κ2) is 6.22. The summed E-state index contributed by atoms with van der Waals surface area (Å²) in [4.78, 5) is 6.68.